The number of carbonyl (C=O) groups is 2. The van der Waals surface area contributed by atoms with Gasteiger partial charge in [-0.3, -0.25) is 9.59 Å². The van der Waals surface area contributed by atoms with E-state index in [0.717, 1.165) is 17.5 Å². The van der Waals surface area contributed by atoms with Crippen molar-refractivity contribution in [2.24, 2.45) is 5.92 Å². The number of carbonyl (C=O) groups excluding carboxylic acids is 2. The molecule has 2 unspecified atom stereocenters. The lowest BCUT2D eigenvalue weighted by atomic mass is 9.96. The summed E-state index contributed by atoms with van der Waals surface area (Å²) in [6.07, 6.45) is 1.38. The van der Waals surface area contributed by atoms with Crippen molar-refractivity contribution in [1.82, 2.24) is 5.32 Å². The lowest BCUT2D eigenvalue weighted by molar-refractivity contribution is -0.145. The number of aromatic hydroxyl groups is 1. The minimum absolute atomic E-state index is 0.126. The Morgan fingerprint density at radius 2 is 1.63 bits per heavy atom. The average molecular weight is 369 g/mol. The fourth-order valence-electron chi connectivity index (χ4n) is 2.89. The number of phenolic OH excluding ortho intramolecular Hbond substituents is 1. The summed E-state index contributed by atoms with van der Waals surface area (Å²) in [5, 5.41) is 12.2. The maximum atomic E-state index is 12.5. The third-order valence-corrected chi connectivity index (χ3v) is 4.76. The molecule has 2 rings (SSSR count). The highest BCUT2D eigenvalue weighted by Gasteiger charge is 2.22. The first-order valence-electron chi connectivity index (χ1n) is 9.16. The lowest BCUT2D eigenvalue weighted by Gasteiger charge is -2.18. The summed E-state index contributed by atoms with van der Waals surface area (Å²) in [6.45, 7) is 4.14. The first kappa shape index (κ1) is 20.5. The number of amides is 1. The molecule has 27 heavy (non-hydrogen) atoms. The van der Waals surface area contributed by atoms with E-state index in [0.29, 0.717) is 6.42 Å². The summed E-state index contributed by atoms with van der Waals surface area (Å²) in [4.78, 5) is 24.6. The predicted octanol–water partition coefficient (Wildman–Crippen LogP) is 3.21. The molecule has 0 radical (unpaired) electrons. The van der Waals surface area contributed by atoms with E-state index in [9.17, 15) is 14.7 Å². The van der Waals surface area contributed by atoms with Crippen LogP contribution in [-0.4, -0.2) is 30.6 Å². The first-order valence-corrected chi connectivity index (χ1v) is 9.16. The Bertz CT molecular complexity index is 753. The van der Waals surface area contributed by atoms with Crippen LogP contribution in [0.5, 0.6) is 5.75 Å². The van der Waals surface area contributed by atoms with Gasteiger partial charge in [-0.25, -0.2) is 0 Å². The number of rotatable bonds is 8. The Labute approximate surface area is 160 Å². The van der Waals surface area contributed by atoms with Crippen LogP contribution in [0.3, 0.4) is 0 Å². The molecule has 2 aromatic carbocycles. The second kappa shape index (κ2) is 9.76. The Balaban J connectivity index is 1.98. The van der Waals surface area contributed by atoms with Crippen molar-refractivity contribution in [3.8, 4) is 5.75 Å². The summed E-state index contributed by atoms with van der Waals surface area (Å²) in [7, 11) is 1.34. The predicted molar refractivity (Wildman–Crippen MR) is 105 cm³/mol. The van der Waals surface area contributed by atoms with E-state index in [4.69, 9.17) is 4.74 Å². The number of benzene rings is 2. The molecule has 2 N–H and O–H groups in total. The lowest BCUT2D eigenvalue weighted by Crippen LogP contribution is -2.36. The van der Waals surface area contributed by atoms with Crippen LogP contribution in [0, 0.1) is 5.92 Å². The highest BCUT2D eigenvalue weighted by atomic mass is 16.5. The molecule has 2 aromatic rings. The number of hydrogen-bond acceptors (Lipinski definition) is 4. The molecule has 0 fully saturated rings. The SMILES string of the molecule is CCc1ccc(C(C)C(=O)NCC(Cc2ccc(O)cc2)C(=O)OC)cc1. The van der Waals surface area contributed by atoms with Gasteiger partial charge in [0.25, 0.3) is 0 Å². The number of aryl methyl sites for hydroxylation is 1. The molecule has 0 bridgehead atoms. The van der Waals surface area contributed by atoms with Crippen LogP contribution in [0.15, 0.2) is 48.5 Å². The van der Waals surface area contributed by atoms with Gasteiger partial charge >= 0.3 is 5.97 Å². The summed E-state index contributed by atoms with van der Waals surface area (Å²) < 4.78 is 4.87. The maximum absolute atomic E-state index is 12.5. The summed E-state index contributed by atoms with van der Waals surface area (Å²) in [5.41, 5.74) is 3.06. The number of hydrogen-bond donors (Lipinski definition) is 2. The molecule has 0 heterocycles. The van der Waals surface area contributed by atoms with E-state index < -0.39 is 5.92 Å². The van der Waals surface area contributed by atoms with Gasteiger partial charge in [-0.05, 0) is 48.6 Å². The highest BCUT2D eigenvalue weighted by molar-refractivity contribution is 5.84. The molecular weight excluding hydrogens is 342 g/mol. The fraction of sp³-hybridized carbons (Fsp3) is 0.364. The highest BCUT2D eigenvalue weighted by Crippen LogP contribution is 2.18. The molecule has 0 spiro atoms. The third-order valence-electron chi connectivity index (χ3n) is 4.76. The molecule has 0 aromatic heterocycles. The summed E-state index contributed by atoms with van der Waals surface area (Å²) in [5.74, 6) is -1.12. The van der Waals surface area contributed by atoms with Crippen LogP contribution < -0.4 is 5.32 Å². The van der Waals surface area contributed by atoms with Crippen LogP contribution in [0.4, 0.5) is 0 Å². The zero-order valence-electron chi connectivity index (χ0n) is 16.1. The number of phenols is 1. The Morgan fingerprint density at radius 1 is 1.04 bits per heavy atom. The first-order chi connectivity index (χ1) is 12.9. The minimum atomic E-state index is -0.488. The molecule has 0 aliphatic heterocycles. The molecule has 5 nitrogen and oxygen atoms in total. The Kier molecular flexibility index (Phi) is 7.41. The standard InChI is InChI=1S/C22H27NO4/c1-4-16-5-9-18(10-6-16)15(2)21(25)23-14-19(22(26)27-3)13-17-7-11-20(24)12-8-17/h5-12,15,19,24H,4,13-14H2,1-3H3,(H,23,25). The normalized spacial score (nSPS) is 12.9. The number of esters is 1. The van der Waals surface area contributed by atoms with E-state index in [1.54, 1.807) is 24.3 Å². The molecule has 144 valence electrons. The Hall–Kier alpha value is -2.82. The topological polar surface area (TPSA) is 75.6 Å². The molecule has 0 aliphatic rings. The quantitative estimate of drug-likeness (QED) is 0.701. The van der Waals surface area contributed by atoms with Gasteiger partial charge < -0.3 is 15.2 Å². The molecule has 5 heteroatoms. The van der Waals surface area contributed by atoms with Crippen molar-refractivity contribution in [2.45, 2.75) is 32.6 Å². The molecular formula is C22H27NO4. The molecule has 0 saturated carbocycles. The van der Waals surface area contributed by atoms with Gasteiger partial charge in [-0.15, -0.1) is 0 Å². The average Bonchev–Trinajstić information content (AvgIpc) is 2.71. The Morgan fingerprint density at radius 3 is 2.19 bits per heavy atom. The van der Waals surface area contributed by atoms with Crippen molar-refractivity contribution in [2.75, 3.05) is 13.7 Å². The zero-order valence-corrected chi connectivity index (χ0v) is 16.1. The molecule has 2 atom stereocenters. The van der Waals surface area contributed by atoms with E-state index in [-0.39, 0.29) is 30.1 Å². The molecule has 1 amide bonds. The van der Waals surface area contributed by atoms with E-state index >= 15 is 0 Å². The van der Waals surface area contributed by atoms with Crippen LogP contribution in [-0.2, 0) is 27.2 Å². The monoisotopic (exact) mass is 369 g/mol. The third kappa shape index (κ3) is 5.84. The number of nitrogens with one attached hydrogen (secondary N) is 1. The largest absolute Gasteiger partial charge is 0.508 e. The smallest absolute Gasteiger partial charge is 0.310 e. The van der Waals surface area contributed by atoms with Crippen molar-refractivity contribution in [1.29, 1.82) is 0 Å². The van der Waals surface area contributed by atoms with Gasteiger partial charge in [0.15, 0.2) is 0 Å². The van der Waals surface area contributed by atoms with Gasteiger partial charge in [-0.1, -0.05) is 43.3 Å². The van der Waals surface area contributed by atoms with Crippen molar-refractivity contribution >= 4 is 11.9 Å². The van der Waals surface area contributed by atoms with Gasteiger partial charge in [0, 0.05) is 6.54 Å². The van der Waals surface area contributed by atoms with Gasteiger partial charge in [0.1, 0.15) is 5.75 Å². The van der Waals surface area contributed by atoms with Gasteiger partial charge in [-0.2, -0.15) is 0 Å². The molecule has 0 aliphatic carbocycles. The minimum Gasteiger partial charge on any atom is -0.508 e. The van der Waals surface area contributed by atoms with E-state index in [2.05, 4.69) is 12.2 Å². The number of ether oxygens (including phenoxy) is 1. The number of methoxy groups -OCH3 is 1. The van der Waals surface area contributed by atoms with Crippen molar-refractivity contribution in [3.63, 3.8) is 0 Å². The second-order valence-electron chi connectivity index (χ2n) is 6.65. The zero-order chi connectivity index (χ0) is 19.8. The fourth-order valence-corrected chi connectivity index (χ4v) is 2.89. The second-order valence-corrected chi connectivity index (χ2v) is 6.65. The van der Waals surface area contributed by atoms with E-state index in [1.807, 2.05) is 31.2 Å². The van der Waals surface area contributed by atoms with Crippen molar-refractivity contribution < 1.29 is 19.4 Å². The van der Waals surface area contributed by atoms with Crippen LogP contribution in [0.1, 0.15) is 36.5 Å². The summed E-state index contributed by atoms with van der Waals surface area (Å²) in [6, 6.07) is 14.7. The van der Waals surface area contributed by atoms with Crippen molar-refractivity contribution in [3.05, 3.63) is 65.2 Å². The van der Waals surface area contributed by atoms with E-state index in [1.165, 1.54) is 12.7 Å². The van der Waals surface area contributed by atoms with Crippen LogP contribution in [0.25, 0.3) is 0 Å². The summed E-state index contributed by atoms with van der Waals surface area (Å²) >= 11 is 0. The van der Waals surface area contributed by atoms with Gasteiger partial charge in [0.2, 0.25) is 5.91 Å². The maximum Gasteiger partial charge on any atom is 0.310 e. The van der Waals surface area contributed by atoms with Crippen LogP contribution in [0.2, 0.25) is 0 Å². The van der Waals surface area contributed by atoms with Gasteiger partial charge in [0.05, 0.1) is 18.9 Å². The van der Waals surface area contributed by atoms with Crippen LogP contribution >= 0.6 is 0 Å². The molecule has 0 saturated heterocycles.